The fourth-order valence-corrected chi connectivity index (χ4v) is 1.92. The van der Waals surface area contributed by atoms with E-state index >= 15 is 0 Å². The van der Waals surface area contributed by atoms with E-state index in [2.05, 4.69) is 18.7 Å². The second kappa shape index (κ2) is 7.39. The summed E-state index contributed by atoms with van der Waals surface area (Å²) in [5, 5.41) is 9.50. The number of benzene rings is 1. The number of aliphatic hydroxyl groups excluding tert-OH is 1. The van der Waals surface area contributed by atoms with Gasteiger partial charge in [-0.2, -0.15) is 0 Å². The van der Waals surface area contributed by atoms with Crippen LogP contribution < -0.4 is 4.74 Å². The summed E-state index contributed by atoms with van der Waals surface area (Å²) in [6.45, 7) is 11.9. The SMILES string of the molecule is CCN(CC)CCOc1ccc([C@H](C)O)cc1C. The van der Waals surface area contributed by atoms with Crippen LogP contribution in [-0.4, -0.2) is 36.2 Å². The quantitative estimate of drug-likeness (QED) is 0.809. The van der Waals surface area contributed by atoms with E-state index < -0.39 is 6.10 Å². The Labute approximate surface area is 110 Å². The number of aliphatic hydroxyl groups is 1. The zero-order chi connectivity index (χ0) is 13.5. The zero-order valence-electron chi connectivity index (χ0n) is 11.9. The highest BCUT2D eigenvalue weighted by Crippen LogP contribution is 2.22. The summed E-state index contributed by atoms with van der Waals surface area (Å²) < 4.78 is 5.78. The Bertz CT molecular complexity index is 360. The lowest BCUT2D eigenvalue weighted by Crippen LogP contribution is -2.28. The van der Waals surface area contributed by atoms with Crippen LogP contribution in [0.25, 0.3) is 0 Å². The smallest absolute Gasteiger partial charge is 0.122 e. The lowest BCUT2D eigenvalue weighted by Gasteiger charge is -2.19. The summed E-state index contributed by atoms with van der Waals surface area (Å²) in [5.74, 6) is 0.909. The number of hydrogen-bond donors (Lipinski definition) is 1. The average Bonchev–Trinajstić information content (AvgIpc) is 2.36. The maximum absolute atomic E-state index is 9.50. The van der Waals surface area contributed by atoms with Crippen molar-refractivity contribution in [2.45, 2.75) is 33.8 Å². The van der Waals surface area contributed by atoms with E-state index in [1.165, 1.54) is 0 Å². The number of rotatable bonds is 7. The van der Waals surface area contributed by atoms with E-state index in [0.29, 0.717) is 6.61 Å². The highest BCUT2D eigenvalue weighted by Gasteiger charge is 2.05. The lowest BCUT2D eigenvalue weighted by atomic mass is 10.1. The number of hydrogen-bond acceptors (Lipinski definition) is 3. The molecule has 18 heavy (non-hydrogen) atoms. The predicted molar refractivity (Wildman–Crippen MR) is 75.1 cm³/mol. The zero-order valence-corrected chi connectivity index (χ0v) is 11.9. The lowest BCUT2D eigenvalue weighted by molar-refractivity contribution is 0.198. The molecule has 0 fully saturated rings. The van der Waals surface area contributed by atoms with Crippen LogP contribution in [0, 0.1) is 6.92 Å². The summed E-state index contributed by atoms with van der Waals surface area (Å²) in [7, 11) is 0. The van der Waals surface area contributed by atoms with Gasteiger partial charge in [0.05, 0.1) is 6.10 Å². The predicted octanol–water partition coefficient (Wildman–Crippen LogP) is 2.77. The Morgan fingerprint density at radius 2 is 1.94 bits per heavy atom. The van der Waals surface area contributed by atoms with Crippen molar-refractivity contribution < 1.29 is 9.84 Å². The molecule has 1 N–H and O–H groups in total. The largest absolute Gasteiger partial charge is 0.492 e. The van der Waals surface area contributed by atoms with E-state index in [9.17, 15) is 5.11 Å². The van der Waals surface area contributed by atoms with Crippen LogP contribution in [0.2, 0.25) is 0 Å². The number of nitrogens with zero attached hydrogens (tertiary/aromatic N) is 1. The van der Waals surface area contributed by atoms with Crippen molar-refractivity contribution in [3.63, 3.8) is 0 Å². The molecule has 0 saturated carbocycles. The van der Waals surface area contributed by atoms with Crippen molar-refractivity contribution in [2.24, 2.45) is 0 Å². The molecule has 0 aliphatic carbocycles. The van der Waals surface area contributed by atoms with Crippen molar-refractivity contribution in [1.29, 1.82) is 0 Å². The Balaban J connectivity index is 2.53. The molecule has 0 bridgehead atoms. The van der Waals surface area contributed by atoms with E-state index in [1.54, 1.807) is 6.92 Å². The first kappa shape index (κ1) is 15.0. The maximum Gasteiger partial charge on any atom is 0.122 e. The third-order valence-corrected chi connectivity index (χ3v) is 3.24. The number of aryl methyl sites for hydroxylation is 1. The van der Waals surface area contributed by atoms with Crippen LogP contribution in [-0.2, 0) is 0 Å². The first-order valence-corrected chi connectivity index (χ1v) is 6.72. The van der Waals surface area contributed by atoms with Crippen molar-refractivity contribution in [2.75, 3.05) is 26.2 Å². The minimum Gasteiger partial charge on any atom is -0.492 e. The Hall–Kier alpha value is -1.06. The second-order valence-electron chi connectivity index (χ2n) is 4.58. The number of ether oxygens (including phenoxy) is 1. The van der Waals surface area contributed by atoms with Gasteiger partial charge in [0.1, 0.15) is 12.4 Å². The minimum absolute atomic E-state index is 0.423. The number of likely N-dealkylation sites (N-methyl/N-ethyl adjacent to an activating group) is 1. The molecule has 1 atom stereocenters. The van der Waals surface area contributed by atoms with Crippen LogP contribution in [0.15, 0.2) is 18.2 Å². The fourth-order valence-electron chi connectivity index (χ4n) is 1.92. The van der Waals surface area contributed by atoms with Gasteiger partial charge in [0.25, 0.3) is 0 Å². The molecular formula is C15H25NO2. The van der Waals surface area contributed by atoms with Gasteiger partial charge in [-0.1, -0.05) is 19.9 Å². The van der Waals surface area contributed by atoms with Gasteiger partial charge in [-0.25, -0.2) is 0 Å². The van der Waals surface area contributed by atoms with E-state index in [0.717, 1.165) is 36.5 Å². The van der Waals surface area contributed by atoms with Gasteiger partial charge in [0.15, 0.2) is 0 Å². The minimum atomic E-state index is -0.423. The Morgan fingerprint density at radius 1 is 1.28 bits per heavy atom. The highest BCUT2D eigenvalue weighted by molar-refractivity contribution is 5.36. The topological polar surface area (TPSA) is 32.7 Å². The third-order valence-electron chi connectivity index (χ3n) is 3.24. The molecule has 0 saturated heterocycles. The van der Waals surface area contributed by atoms with E-state index in [-0.39, 0.29) is 0 Å². The van der Waals surface area contributed by atoms with Crippen molar-refractivity contribution in [3.05, 3.63) is 29.3 Å². The molecule has 1 aromatic rings. The molecule has 1 aromatic carbocycles. The molecule has 1 rings (SSSR count). The monoisotopic (exact) mass is 251 g/mol. The molecule has 3 nitrogen and oxygen atoms in total. The molecule has 0 unspecified atom stereocenters. The molecule has 0 aliphatic rings. The van der Waals surface area contributed by atoms with Crippen LogP contribution in [0.4, 0.5) is 0 Å². The van der Waals surface area contributed by atoms with E-state index in [4.69, 9.17) is 4.74 Å². The first-order valence-electron chi connectivity index (χ1n) is 6.72. The Kier molecular flexibility index (Phi) is 6.16. The summed E-state index contributed by atoms with van der Waals surface area (Å²) >= 11 is 0. The van der Waals surface area contributed by atoms with Gasteiger partial charge in [0.2, 0.25) is 0 Å². The first-order chi connectivity index (χ1) is 8.58. The van der Waals surface area contributed by atoms with Gasteiger partial charge < -0.3 is 14.7 Å². The van der Waals surface area contributed by atoms with Crippen LogP contribution in [0.5, 0.6) is 5.75 Å². The fraction of sp³-hybridized carbons (Fsp3) is 0.600. The molecule has 0 radical (unpaired) electrons. The van der Waals surface area contributed by atoms with Crippen molar-refractivity contribution in [1.82, 2.24) is 4.90 Å². The average molecular weight is 251 g/mol. The highest BCUT2D eigenvalue weighted by atomic mass is 16.5. The summed E-state index contributed by atoms with van der Waals surface area (Å²) in [5.41, 5.74) is 2.01. The van der Waals surface area contributed by atoms with Gasteiger partial charge in [0, 0.05) is 6.54 Å². The van der Waals surface area contributed by atoms with Crippen molar-refractivity contribution in [3.8, 4) is 5.75 Å². The molecule has 0 aliphatic heterocycles. The molecule has 0 heterocycles. The van der Waals surface area contributed by atoms with E-state index in [1.807, 2.05) is 25.1 Å². The summed E-state index contributed by atoms with van der Waals surface area (Å²) in [6, 6.07) is 5.85. The van der Waals surface area contributed by atoms with Gasteiger partial charge >= 0.3 is 0 Å². The second-order valence-corrected chi connectivity index (χ2v) is 4.58. The Morgan fingerprint density at radius 3 is 2.44 bits per heavy atom. The van der Waals surface area contributed by atoms with Crippen molar-refractivity contribution >= 4 is 0 Å². The maximum atomic E-state index is 9.50. The molecule has 3 heteroatoms. The van der Waals surface area contributed by atoms with Gasteiger partial charge in [-0.05, 0) is 50.2 Å². The molecule has 0 aromatic heterocycles. The molecular weight excluding hydrogens is 226 g/mol. The molecule has 102 valence electrons. The van der Waals surface area contributed by atoms with Crippen LogP contribution >= 0.6 is 0 Å². The molecule has 0 amide bonds. The molecule has 0 spiro atoms. The van der Waals surface area contributed by atoms with Crippen LogP contribution in [0.3, 0.4) is 0 Å². The van der Waals surface area contributed by atoms with Gasteiger partial charge in [-0.3, -0.25) is 0 Å². The standard InChI is InChI=1S/C15H25NO2/c1-5-16(6-2)9-10-18-15-8-7-14(13(4)17)11-12(15)3/h7-8,11,13,17H,5-6,9-10H2,1-4H3/t13-/m0/s1. The summed E-state index contributed by atoms with van der Waals surface area (Å²) in [4.78, 5) is 2.33. The van der Waals surface area contributed by atoms with Gasteiger partial charge in [-0.15, -0.1) is 0 Å². The third kappa shape index (κ3) is 4.31. The van der Waals surface area contributed by atoms with Crippen LogP contribution in [0.1, 0.15) is 38.0 Å². The summed E-state index contributed by atoms with van der Waals surface area (Å²) in [6.07, 6.45) is -0.423. The normalized spacial score (nSPS) is 12.8.